The van der Waals surface area contributed by atoms with Crippen molar-refractivity contribution in [2.24, 2.45) is 11.7 Å². The second kappa shape index (κ2) is 3.89. The van der Waals surface area contributed by atoms with Crippen LogP contribution in [0.1, 0.15) is 6.42 Å². The first-order valence-corrected chi connectivity index (χ1v) is 4.97. The molecule has 8 nitrogen and oxygen atoms in total. The van der Waals surface area contributed by atoms with Gasteiger partial charge in [0.05, 0.1) is 5.92 Å². The number of carbonyl (C=O) groups is 2. The third-order valence-electron chi connectivity index (χ3n) is 2.52. The number of hydrogen-bond donors (Lipinski definition) is 3. The number of carbonyl (C=O) groups excluding carboxylic acids is 2. The Hall–Kier alpha value is -2.38. The summed E-state index contributed by atoms with van der Waals surface area (Å²) in [7, 11) is 0. The van der Waals surface area contributed by atoms with Crippen molar-refractivity contribution in [3.63, 3.8) is 0 Å². The van der Waals surface area contributed by atoms with Crippen LogP contribution in [-0.2, 0) is 9.59 Å². The van der Waals surface area contributed by atoms with Crippen molar-refractivity contribution in [2.45, 2.75) is 6.42 Å². The van der Waals surface area contributed by atoms with E-state index in [9.17, 15) is 9.59 Å². The minimum atomic E-state index is -0.520. The Labute approximate surface area is 96.8 Å². The Morgan fingerprint density at radius 1 is 1.35 bits per heavy atom. The number of primary amides is 1. The second-order valence-corrected chi connectivity index (χ2v) is 3.83. The van der Waals surface area contributed by atoms with E-state index >= 15 is 0 Å². The number of nitrogens with zero attached hydrogens (tertiary/aromatic N) is 3. The molecule has 0 saturated carbocycles. The first kappa shape index (κ1) is 11.1. The average molecular weight is 236 g/mol. The molecule has 0 bridgehead atoms. The smallest absolute Gasteiger partial charge is 0.236 e. The van der Waals surface area contributed by atoms with E-state index in [-0.39, 0.29) is 36.5 Å². The zero-order chi connectivity index (χ0) is 12.6. The summed E-state index contributed by atoms with van der Waals surface area (Å²) < 4.78 is 0. The first-order valence-electron chi connectivity index (χ1n) is 4.97. The molecule has 6 N–H and O–H groups in total. The molecule has 1 aliphatic rings. The van der Waals surface area contributed by atoms with E-state index in [1.165, 1.54) is 11.0 Å². The molecule has 0 aliphatic carbocycles. The van der Waals surface area contributed by atoms with E-state index in [1.54, 1.807) is 0 Å². The van der Waals surface area contributed by atoms with Gasteiger partial charge in [-0.1, -0.05) is 0 Å². The van der Waals surface area contributed by atoms with Crippen molar-refractivity contribution in [3.05, 3.63) is 6.07 Å². The molecule has 2 heterocycles. The largest absolute Gasteiger partial charge is 0.383 e. The number of nitrogen functional groups attached to an aromatic ring is 2. The van der Waals surface area contributed by atoms with Crippen LogP contribution in [0.5, 0.6) is 0 Å². The van der Waals surface area contributed by atoms with E-state index in [4.69, 9.17) is 17.2 Å². The lowest BCUT2D eigenvalue weighted by Crippen LogP contribution is -2.30. The molecule has 0 spiro atoms. The molecular formula is C9H12N6O2. The Morgan fingerprint density at radius 2 is 1.94 bits per heavy atom. The van der Waals surface area contributed by atoms with E-state index < -0.39 is 11.8 Å². The summed E-state index contributed by atoms with van der Waals surface area (Å²) in [6, 6.07) is 1.38. The fraction of sp³-hybridized carbons (Fsp3) is 0.333. The maximum absolute atomic E-state index is 11.7. The van der Waals surface area contributed by atoms with E-state index in [0.717, 1.165) is 0 Å². The lowest BCUT2D eigenvalue weighted by molar-refractivity contribution is -0.123. The number of anilines is 3. The Morgan fingerprint density at radius 3 is 2.41 bits per heavy atom. The van der Waals surface area contributed by atoms with E-state index in [1.807, 2.05) is 0 Å². The van der Waals surface area contributed by atoms with Crippen LogP contribution in [0.15, 0.2) is 6.07 Å². The molecule has 1 fully saturated rings. The minimum absolute atomic E-state index is 0.0629. The SMILES string of the molecule is NC(=O)C1CC(=O)N(c2nc(N)cc(N)n2)C1. The van der Waals surface area contributed by atoms with Crippen LogP contribution in [0.2, 0.25) is 0 Å². The fourth-order valence-corrected chi connectivity index (χ4v) is 1.68. The molecule has 0 aromatic carbocycles. The molecule has 17 heavy (non-hydrogen) atoms. The van der Waals surface area contributed by atoms with E-state index in [2.05, 4.69) is 9.97 Å². The predicted octanol–water partition coefficient (Wildman–Crippen LogP) is -1.52. The summed E-state index contributed by atoms with van der Waals surface area (Å²) in [4.78, 5) is 31.7. The number of hydrogen-bond acceptors (Lipinski definition) is 6. The fourth-order valence-electron chi connectivity index (χ4n) is 1.68. The zero-order valence-corrected chi connectivity index (χ0v) is 8.96. The molecule has 0 radical (unpaired) electrons. The molecule has 1 aromatic rings. The summed E-state index contributed by atoms with van der Waals surface area (Å²) in [5.74, 6) is -0.854. The third kappa shape index (κ3) is 2.10. The molecule has 1 aliphatic heterocycles. The number of rotatable bonds is 2. The molecule has 8 heteroatoms. The van der Waals surface area contributed by atoms with Crippen molar-refractivity contribution in [2.75, 3.05) is 22.9 Å². The maximum atomic E-state index is 11.7. The van der Waals surface area contributed by atoms with Gasteiger partial charge < -0.3 is 17.2 Å². The quantitative estimate of drug-likeness (QED) is 0.569. The van der Waals surface area contributed by atoms with Crippen LogP contribution in [-0.4, -0.2) is 28.3 Å². The molecule has 1 aromatic heterocycles. The van der Waals surface area contributed by atoms with Crippen LogP contribution >= 0.6 is 0 Å². The van der Waals surface area contributed by atoms with Gasteiger partial charge in [0.2, 0.25) is 17.8 Å². The molecule has 1 saturated heterocycles. The van der Waals surface area contributed by atoms with Gasteiger partial charge in [-0.3, -0.25) is 14.5 Å². The highest BCUT2D eigenvalue weighted by molar-refractivity contribution is 5.99. The maximum Gasteiger partial charge on any atom is 0.236 e. The normalized spacial score (nSPS) is 19.6. The molecule has 2 amide bonds. The molecular weight excluding hydrogens is 224 g/mol. The van der Waals surface area contributed by atoms with Gasteiger partial charge in [0.15, 0.2) is 0 Å². The van der Waals surface area contributed by atoms with Crippen molar-refractivity contribution < 1.29 is 9.59 Å². The van der Waals surface area contributed by atoms with Gasteiger partial charge in [0.25, 0.3) is 0 Å². The number of amides is 2. The summed E-state index contributed by atoms with van der Waals surface area (Å²) >= 11 is 0. The second-order valence-electron chi connectivity index (χ2n) is 3.83. The monoisotopic (exact) mass is 236 g/mol. The standard InChI is InChI=1S/C9H12N6O2/c10-5-2-6(11)14-9(13-5)15-3-4(8(12)17)1-7(15)16/h2,4H,1,3H2,(H2,12,17)(H4,10,11,13,14). The van der Waals surface area contributed by atoms with Crippen LogP contribution < -0.4 is 22.1 Å². The summed E-state index contributed by atoms with van der Waals surface area (Å²) in [5.41, 5.74) is 16.2. The van der Waals surface area contributed by atoms with Gasteiger partial charge in [-0.15, -0.1) is 0 Å². The zero-order valence-electron chi connectivity index (χ0n) is 8.96. The molecule has 1 unspecified atom stereocenters. The minimum Gasteiger partial charge on any atom is -0.383 e. The Kier molecular flexibility index (Phi) is 2.54. The highest BCUT2D eigenvalue weighted by Crippen LogP contribution is 2.23. The van der Waals surface area contributed by atoms with Crippen molar-refractivity contribution in [1.82, 2.24) is 9.97 Å². The van der Waals surface area contributed by atoms with Crippen LogP contribution in [0.25, 0.3) is 0 Å². The van der Waals surface area contributed by atoms with E-state index in [0.29, 0.717) is 0 Å². The lowest BCUT2D eigenvalue weighted by atomic mass is 10.1. The predicted molar refractivity (Wildman–Crippen MR) is 60.5 cm³/mol. The molecule has 1 atom stereocenters. The summed E-state index contributed by atoms with van der Waals surface area (Å²) in [5, 5.41) is 0. The topological polar surface area (TPSA) is 141 Å². The average Bonchev–Trinajstić information content (AvgIpc) is 2.59. The van der Waals surface area contributed by atoms with Crippen LogP contribution in [0.4, 0.5) is 17.6 Å². The van der Waals surface area contributed by atoms with Gasteiger partial charge in [0.1, 0.15) is 11.6 Å². The number of nitrogens with two attached hydrogens (primary N) is 3. The van der Waals surface area contributed by atoms with Crippen molar-refractivity contribution in [3.8, 4) is 0 Å². The third-order valence-corrected chi connectivity index (χ3v) is 2.52. The van der Waals surface area contributed by atoms with Gasteiger partial charge in [0, 0.05) is 19.0 Å². The highest BCUT2D eigenvalue weighted by atomic mass is 16.2. The molecule has 90 valence electrons. The van der Waals surface area contributed by atoms with Crippen molar-refractivity contribution >= 4 is 29.4 Å². The van der Waals surface area contributed by atoms with Gasteiger partial charge in [-0.2, -0.15) is 9.97 Å². The number of aromatic nitrogens is 2. The van der Waals surface area contributed by atoms with Crippen LogP contribution in [0.3, 0.4) is 0 Å². The Balaban J connectivity index is 2.28. The van der Waals surface area contributed by atoms with Gasteiger partial charge >= 0.3 is 0 Å². The first-order chi connectivity index (χ1) is 7.97. The summed E-state index contributed by atoms with van der Waals surface area (Å²) in [6.45, 7) is 0.164. The van der Waals surface area contributed by atoms with Gasteiger partial charge in [-0.25, -0.2) is 0 Å². The molecule has 2 rings (SSSR count). The van der Waals surface area contributed by atoms with Crippen molar-refractivity contribution in [1.29, 1.82) is 0 Å². The lowest BCUT2D eigenvalue weighted by Gasteiger charge is -2.14. The van der Waals surface area contributed by atoms with Gasteiger partial charge in [-0.05, 0) is 0 Å². The summed E-state index contributed by atoms with van der Waals surface area (Å²) in [6.07, 6.45) is 0.0629. The van der Waals surface area contributed by atoms with Crippen LogP contribution in [0, 0.1) is 5.92 Å². The highest BCUT2D eigenvalue weighted by Gasteiger charge is 2.35. The Bertz CT molecular complexity index is 468.